The van der Waals surface area contributed by atoms with Gasteiger partial charge < -0.3 is 10.6 Å². The molecule has 150 valence electrons. The summed E-state index contributed by atoms with van der Waals surface area (Å²) in [6.45, 7) is 2.45. The molecule has 4 nitrogen and oxygen atoms in total. The maximum atomic E-state index is 12.6. The van der Waals surface area contributed by atoms with Crippen molar-refractivity contribution in [3.05, 3.63) is 97.4 Å². The molecule has 0 bridgehead atoms. The highest BCUT2D eigenvalue weighted by atomic mass is 79.9. The molecule has 0 aliphatic carbocycles. The van der Waals surface area contributed by atoms with Crippen molar-refractivity contribution < 1.29 is 9.59 Å². The van der Waals surface area contributed by atoms with Gasteiger partial charge >= 0.3 is 0 Å². The predicted molar refractivity (Wildman–Crippen MR) is 127 cm³/mol. The van der Waals surface area contributed by atoms with E-state index in [-0.39, 0.29) is 11.8 Å². The lowest BCUT2D eigenvalue weighted by Crippen LogP contribution is -2.22. The molecule has 0 fully saturated rings. The Kier molecular flexibility index (Phi) is 5.88. The molecule has 1 heterocycles. The highest BCUT2D eigenvalue weighted by Gasteiger charge is 2.25. The summed E-state index contributed by atoms with van der Waals surface area (Å²) < 4.78 is 1.91. The first kappa shape index (κ1) is 20.6. The van der Waals surface area contributed by atoms with E-state index in [1.807, 2.05) is 55.5 Å². The summed E-state index contributed by atoms with van der Waals surface area (Å²) in [6, 6.07) is 18.9. The molecular weight excluding hydrogens is 508 g/mol. The van der Waals surface area contributed by atoms with Crippen molar-refractivity contribution in [2.45, 2.75) is 13.5 Å². The Morgan fingerprint density at radius 2 is 1.73 bits per heavy atom. The van der Waals surface area contributed by atoms with Gasteiger partial charge in [0.2, 0.25) is 0 Å². The number of nitrogens with one attached hydrogen (secondary N) is 2. The Bertz CT molecular complexity index is 1160. The quantitative estimate of drug-likeness (QED) is 0.414. The maximum Gasteiger partial charge on any atom is 0.256 e. The van der Waals surface area contributed by atoms with E-state index in [4.69, 9.17) is 0 Å². The van der Waals surface area contributed by atoms with Gasteiger partial charge in [-0.15, -0.1) is 0 Å². The van der Waals surface area contributed by atoms with Gasteiger partial charge in [0.1, 0.15) is 0 Å². The van der Waals surface area contributed by atoms with Gasteiger partial charge in [-0.05, 0) is 60.0 Å². The molecule has 0 saturated heterocycles. The lowest BCUT2D eigenvalue weighted by atomic mass is 10.0. The van der Waals surface area contributed by atoms with Crippen LogP contribution in [0.25, 0.3) is 11.6 Å². The van der Waals surface area contributed by atoms with Crippen LogP contribution in [-0.4, -0.2) is 11.8 Å². The molecule has 0 spiro atoms. The van der Waals surface area contributed by atoms with Gasteiger partial charge in [-0.25, -0.2) is 0 Å². The van der Waals surface area contributed by atoms with Crippen molar-refractivity contribution >= 4 is 61.0 Å². The second-order valence-electron chi connectivity index (χ2n) is 7.05. The van der Waals surface area contributed by atoms with Gasteiger partial charge in [-0.3, -0.25) is 9.59 Å². The number of halogens is 2. The molecule has 30 heavy (non-hydrogen) atoms. The molecular formula is C24H18Br2N2O2. The number of amides is 2. The van der Waals surface area contributed by atoms with E-state index in [1.165, 1.54) is 0 Å². The second-order valence-corrected chi connectivity index (χ2v) is 8.76. The van der Waals surface area contributed by atoms with Crippen molar-refractivity contribution in [3.8, 4) is 0 Å². The van der Waals surface area contributed by atoms with Crippen LogP contribution in [0.4, 0.5) is 5.69 Å². The zero-order valence-electron chi connectivity index (χ0n) is 16.1. The van der Waals surface area contributed by atoms with Crippen molar-refractivity contribution in [1.29, 1.82) is 0 Å². The van der Waals surface area contributed by atoms with Gasteiger partial charge in [0.05, 0.1) is 0 Å². The Morgan fingerprint density at radius 3 is 2.43 bits per heavy atom. The highest BCUT2D eigenvalue weighted by molar-refractivity contribution is 9.11. The molecule has 3 aromatic rings. The van der Waals surface area contributed by atoms with Crippen LogP contribution in [0.2, 0.25) is 0 Å². The van der Waals surface area contributed by atoms with E-state index < -0.39 is 0 Å². The lowest BCUT2D eigenvalue weighted by Gasteiger charge is -2.08. The number of fused-ring (bicyclic) bond motifs is 1. The molecule has 0 aromatic heterocycles. The molecule has 0 radical (unpaired) electrons. The minimum Gasteiger partial charge on any atom is -0.348 e. The maximum absolute atomic E-state index is 12.6. The predicted octanol–water partition coefficient (Wildman–Crippen LogP) is 5.94. The molecule has 0 saturated carbocycles. The van der Waals surface area contributed by atoms with E-state index >= 15 is 0 Å². The molecule has 0 atom stereocenters. The van der Waals surface area contributed by atoms with E-state index in [2.05, 4.69) is 42.5 Å². The van der Waals surface area contributed by atoms with Gasteiger partial charge in [0, 0.05) is 37.9 Å². The van der Waals surface area contributed by atoms with Crippen LogP contribution in [0.1, 0.15) is 32.6 Å². The Balaban J connectivity index is 1.62. The summed E-state index contributed by atoms with van der Waals surface area (Å²) in [5, 5.41) is 5.80. The smallest absolute Gasteiger partial charge is 0.256 e. The topological polar surface area (TPSA) is 58.2 Å². The number of benzene rings is 3. The van der Waals surface area contributed by atoms with E-state index in [0.29, 0.717) is 23.4 Å². The van der Waals surface area contributed by atoms with E-state index in [0.717, 1.165) is 31.2 Å². The number of carbonyl (C=O) groups excluding carboxylic acids is 2. The zero-order valence-corrected chi connectivity index (χ0v) is 19.3. The summed E-state index contributed by atoms with van der Waals surface area (Å²) in [7, 11) is 0. The molecule has 2 amide bonds. The van der Waals surface area contributed by atoms with Crippen molar-refractivity contribution in [2.75, 3.05) is 5.32 Å². The lowest BCUT2D eigenvalue weighted by molar-refractivity contribution is -0.110. The number of anilines is 1. The zero-order chi connectivity index (χ0) is 21.3. The summed E-state index contributed by atoms with van der Waals surface area (Å²) >= 11 is 7.10. The molecule has 3 aromatic carbocycles. The standard InChI is InChI=1S/C24H18Br2N2O2/c1-14-20(25)10-16(11-21(14)26)9-19-18-12-17(7-8-22(18)28-24(19)30)23(29)27-13-15-5-3-2-4-6-15/h2-12H,13H2,1H3,(H,27,29)(H,28,30)/b19-9-. The molecule has 0 unspecified atom stereocenters. The SMILES string of the molecule is Cc1c(Br)cc(/C=C2\C(=O)Nc3ccc(C(=O)NCc4ccccc4)cc32)cc1Br. The minimum atomic E-state index is -0.181. The highest BCUT2D eigenvalue weighted by Crippen LogP contribution is 2.35. The summed E-state index contributed by atoms with van der Waals surface area (Å²) in [5.74, 6) is -0.360. The average Bonchev–Trinajstić information content (AvgIpc) is 3.05. The molecule has 6 heteroatoms. The number of carbonyl (C=O) groups is 2. The first-order chi connectivity index (χ1) is 14.4. The summed E-state index contributed by atoms with van der Waals surface area (Å²) in [5.41, 5.74) is 5.47. The Hall–Kier alpha value is -2.70. The van der Waals surface area contributed by atoms with Crippen LogP contribution in [0.15, 0.2) is 69.6 Å². The third-order valence-corrected chi connectivity index (χ3v) is 6.62. The third-order valence-electron chi connectivity index (χ3n) is 4.97. The molecule has 1 aliphatic rings. The summed E-state index contributed by atoms with van der Waals surface area (Å²) in [4.78, 5) is 25.2. The fourth-order valence-corrected chi connectivity index (χ4v) is 4.49. The molecule has 4 rings (SSSR count). The summed E-state index contributed by atoms with van der Waals surface area (Å²) in [6.07, 6.45) is 1.84. The van der Waals surface area contributed by atoms with Crippen LogP contribution in [0.3, 0.4) is 0 Å². The number of hydrogen-bond acceptors (Lipinski definition) is 2. The molecule has 1 aliphatic heterocycles. The second kappa shape index (κ2) is 8.58. The first-order valence-electron chi connectivity index (χ1n) is 9.37. The fraction of sp³-hybridized carbons (Fsp3) is 0.0833. The monoisotopic (exact) mass is 524 g/mol. The van der Waals surface area contributed by atoms with Gasteiger partial charge in [0.25, 0.3) is 11.8 Å². The average molecular weight is 526 g/mol. The van der Waals surface area contributed by atoms with Gasteiger partial charge in [-0.1, -0.05) is 62.2 Å². The van der Waals surface area contributed by atoms with Gasteiger partial charge in [-0.2, -0.15) is 0 Å². The van der Waals surface area contributed by atoms with Crippen molar-refractivity contribution in [2.24, 2.45) is 0 Å². The fourth-order valence-electron chi connectivity index (χ4n) is 3.27. The van der Waals surface area contributed by atoms with E-state index in [1.54, 1.807) is 18.2 Å². The molecule has 2 N–H and O–H groups in total. The normalized spacial score (nSPS) is 13.8. The van der Waals surface area contributed by atoms with Crippen molar-refractivity contribution in [1.82, 2.24) is 5.32 Å². The minimum absolute atomic E-state index is 0.179. The third kappa shape index (κ3) is 4.25. The van der Waals surface area contributed by atoms with Crippen LogP contribution >= 0.6 is 31.9 Å². The van der Waals surface area contributed by atoms with Gasteiger partial charge in [0.15, 0.2) is 0 Å². The van der Waals surface area contributed by atoms with Crippen LogP contribution in [0, 0.1) is 6.92 Å². The number of rotatable bonds is 4. The van der Waals surface area contributed by atoms with Crippen LogP contribution in [0.5, 0.6) is 0 Å². The van der Waals surface area contributed by atoms with E-state index in [9.17, 15) is 9.59 Å². The Morgan fingerprint density at radius 1 is 1.03 bits per heavy atom. The van der Waals surface area contributed by atoms with Crippen LogP contribution in [-0.2, 0) is 11.3 Å². The largest absolute Gasteiger partial charge is 0.348 e. The number of hydrogen-bond donors (Lipinski definition) is 2. The van der Waals surface area contributed by atoms with Crippen LogP contribution < -0.4 is 10.6 Å². The Labute approximate surface area is 191 Å². The van der Waals surface area contributed by atoms with Crippen molar-refractivity contribution in [3.63, 3.8) is 0 Å². The first-order valence-corrected chi connectivity index (χ1v) is 11.0.